The lowest BCUT2D eigenvalue weighted by Crippen LogP contribution is -2.47. The van der Waals surface area contributed by atoms with Crippen molar-refractivity contribution < 1.29 is 14.3 Å². The highest BCUT2D eigenvalue weighted by Crippen LogP contribution is 2.31. The van der Waals surface area contributed by atoms with Crippen LogP contribution in [0.5, 0.6) is 5.75 Å². The van der Waals surface area contributed by atoms with Crippen molar-refractivity contribution in [1.29, 1.82) is 0 Å². The highest BCUT2D eigenvalue weighted by molar-refractivity contribution is 5.87. The Kier molecular flexibility index (Phi) is 7.11. The van der Waals surface area contributed by atoms with Crippen molar-refractivity contribution in [3.8, 4) is 17.0 Å². The molecule has 2 fully saturated rings. The van der Waals surface area contributed by atoms with Crippen LogP contribution < -0.4 is 9.64 Å². The number of aromatic nitrogens is 2. The maximum Gasteiger partial charge on any atom is 0.242 e. The Hall–Kier alpha value is -3.16. The SMILES string of the molecule is COc1cccc(-c2ccc(N3CCCN(C(=O)CN(C(=O)C4CC4)C(C)C)CC3)nn2)c1. The lowest BCUT2D eigenvalue weighted by atomic mass is 10.1. The van der Waals surface area contributed by atoms with Crippen molar-refractivity contribution in [1.82, 2.24) is 20.0 Å². The molecule has 1 saturated heterocycles. The first-order chi connectivity index (χ1) is 16.0. The summed E-state index contributed by atoms with van der Waals surface area (Å²) in [7, 11) is 1.65. The summed E-state index contributed by atoms with van der Waals surface area (Å²) < 4.78 is 5.29. The molecule has 2 heterocycles. The predicted molar refractivity (Wildman–Crippen MR) is 127 cm³/mol. The molecule has 4 rings (SSSR count). The van der Waals surface area contributed by atoms with Crippen molar-refractivity contribution in [2.75, 3.05) is 44.7 Å². The first kappa shape index (κ1) is 23.0. The van der Waals surface area contributed by atoms with Crippen molar-refractivity contribution in [3.63, 3.8) is 0 Å². The Balaban J connectivity index is 1.36. The summed E-state index contributed by atoms with van der Waals surface area (Å²) in [5.74, 6) is 1.87. The van der Waals surface area contributed by atoms with E-state index in [0.29, 0.717) is 19.6 Å². The Labute approximate surface area is 195 Å². The maximum atomic E-state index is 13.0. The van der Waals surface area contributed by atoms with Gasteiger partial charge in [0.05, 0.1) is 19.3 Å². The molecule has 0 spiro atoms. The van der Waals surface area contributed by atoms with E-state index >= 15 is 0 Å². The molecule has 0 N–H and O–H groups in total. The second-order valence-corrected chi connectivity index (χ2v) is 9.06. The van der Waals surface area contributed by atoms with Gasteiger partial charge in [0.15, 0.2) is 5.82 Å². The molecule has 2 amide bonds. The molecule has 0 bridgehead atoms. The molecule has 0 atom stereocenters. The standard InChI is InChI=1S/C25H33N5O3/c1-18(2)30(25(32)19-8-9-19)17-24(31)29-13-5-12-28(14-15-29)23-11-10-22(26-27-23)20-6-4-7-21(16-20)33-3/h4,6-7,10-11,16,18-19H,5,8-9,12-15,17H2,1-3H3. The summed E-state index contributed by atoms with van der Waals surface area (Å²) in [5.41, 5.74) is 1.75. The lowest BCUT2D eigenvalue weighted by molar-refractivity contribution is -0.142. The zero-order chi connectivity index (χ0) is 23.4. The average Bonchev–Trinajstić information content (AvgIpc) is 3.69. The summed E-state index contributed by atoms with van der Waals surface area (Å²) in [4.78, 5) is 31.3. The van der Waals surface area contributed by atoms with Gasteiger partial charge in [0.1, 0.15) is 5.75 Å². The fourth-order valence-electron chi connectivity index (χ4n) is 4.15. The molecule has 8 heteroatoms. The van der Waals surface area contributed by atoms with Crippen molar-refractivity contribution in [2.45, 2.75) is 39.2 Å². The number of anilines is 1. The number of amides is 2. The van der Waals surface area contributed by atoms with Gasteiger partial charge in [-0.2, -0.15) is 0 Å². The fourth-order valence-corrected chi connectivity index (χ4v) is 4.15. The van der Waals surface area contributed by atoms with Crippen LogP contribution in [-0.2, 0) is 9.59 Å². The Morgan fingerprint density at radius 1 is 1.09 bits per heavy atom. The molecular formula is C25H33N5O3. The summed E-state index contributed by atoms with van der Waals surface area (Å²) >= 11 is 0. The Morgan fingerprint density at radius 2 is 1.91 bits per heavy atom. The summed E-state index contributed by atoms with van der Waals surface area (Å²) in [6.45, 7) is 6.93. The molecule has 1 aromatic carbocycles. The van der Waals surface area contributed by atoms with Crippen LogP contribution in [-0.4, -0.2) is 77.7 Å². The highest BCUT2D eigenvalue weighted by Gasteiger charge is 2.35. The summed E-state index contributed by atoms with van der Waals surface area (Å²) in [5, 5.41) is 8.86. The smallest absolute Gasteiger partial charge is 0.242 e. The molecule has 176 valence electrons. The normalized spacial score (nSPS) is 16.5. The van der Waals surface area contributed by atoms with E-state index in [-0.39, 0.29) is 30.3 Å². The second-order valence-electron chi connectivity index (χ2n) is 9.06. The lowest BCUT2D eigenvalue weighted by Gasteiger charge is -2.29. The van der Waals surface area contributed by atoms with Crippen LogP contribution in [0.1, 0.15) is 33.1 Å². The molecule has 0 radical (unpaired) electrons. The van der Waals surface area contributed by atoms with E-state index in [4.69, 9.17) is 4.74 Å². The van der Waals surface area contributed by atoms with E-state index in [9.17, 15) is 9.59 Å². The fraction of sp³-hybridized carbons (Fsp3) is 0.520. The average molecular weight is 452 g/mol. The first-order valence-electron chi connectivity index (χ1n) is 11.8. The van der Waals surface area contributed by atoms with E-state index in [1.54, 1.807) is 12.0 Å². The maximum absolute atomic E-state index is 13.0. The minimum absolute atomic E-state index is 0.0269. The molecule has 2 aromatic rings. The number of carbonyl (C=O) groups excluding carboxylic acids is 2. The van der Waals surface area contributed by atoms with E-state index in [1.165, 1.54) is 0 Å². The number of rotatable bonds is 7. The van der Waals surface area contributed by atoms with E-state index < -0.39 is 0 Å². The number of methoxy groups -OCH3 is 1. The van der Waals surface area contributed by atoms with Gasteiger partial charge in [-0.1, -0.05) is 12.1 Å². The highest BCUT2D eigenvalue weighted by atomic mass is 16.5. The van der Waals surface area contributed by atoms with Gasteiger partial charge in [0.25, 0.3) is 0 Å². The molecule has 1 aliphatic heterocycles. The van der Waals surface area contributed by atoms with E-state index in [2.05, 4.69) is 15.1 Å². The first-order valence-corrected chi connectivity index (χ1v) is 11.8. The number of hydrogen-bond acceptors (Lipinski definition) is 6. The second kappa shape index (κ2) is 10.2. The van der Waals surface area contributed by atoms with Crippen molar-refractivity contribution in [2.24, 2.45) is 5.92 Å². The van der Waals surface area contributed by atoms with Gasteiger partial charge in [-0.25, -0.2) is 0 Å². The van der Waals surface area contributed by atoms with Gasteiger partial charge >= 0.3 is 0 Å². The Bertz CT molecular complexity index is 974. The molecule has 1 saturated carbocycles. The molecule has 2 aliphatic rings. The zero-order valence-corrected chi connectivity index (χ0v) is 19.7. The molecule has 1 aliphatic carbocycles. The zero-order valence-electron chi connectivity index (χ0n) is 19.7. The van der Waals surface area contributed by atoms with Crippen LogP contribution in [0.2, 0.25) is 0 Å². The number of hydrogen-bond donors (Lipinski definition) is 0. The van der Waals surface area contributed by atoms with Crippen LogP contribution in [0.3, 0.4) is 0 Å². The van der Waals surface area contributed by atoms with E-state index in [1.807, 2.05) is 55.1 Å². The van der Waals surface area contributed by atoms with Gasteiger partial charge in [-0.05, 0) is 57.4 Å². The van der Waals surface area contributed by atoms with E-state index in [0.717, 1.165) is 48.6 Å². The monoisotopic (exact) mass is 451 g/mol. The summed E-state index contributed by atoms with van der Waals surface area (Å²) in [6.07, 6.45) is 2.75. The third-order valence-electron chi connectivity index (χ3n) is 6.33. The summed E-state index contributed by atoms with van der Waals surface area (Å²) in [6, 6.07) is 11.7. The topological polar surface area (TPSA) is 78.9 Å². The van der Waals surface area contributed by atoms with Crippen LogP contribution in [0.15, 0.2) is 36.4 Å². The third-order valence-corrected chi connectivity index (χ3v) is 6.33. The number of carbonyl (C=O) groups is 2. The largest absolute Gasteiger partial charge is 0.497 e. The molecule has 33 heavy (non-hydrogen) atoms. The van der Waals surface area contributed by atoms with Crippen LogP contribution >= 0.6 is 0 Å². The van der Waals surface area contributed by atoms with Crippen molar-refractivity contribution >= 4 is 17.6 Å². The molecule has 1 aromatic heterocycles. The van der Waals surface area contributed by atoms with Crippen LogP contribution in [0.25, 0.3) is 11.3 Å². The number of benzene rings is 1. The number of ether oxygens (including phenoxy) is 1. The van der Waals surface area contributed by atoms with Crippen LogP contribution in [0.4, 0.5) is 5.82 Å². The van der Waals surface area contributed by atoms with Gasteiger partial charge in [-0.15, -0.1) is 10.2 Å². The number of nitrogens with zero attached hydrogens (tertiary/aromatic N) is 5. The van der Waals surface area contributed by atoms with Gasteiger partial charge in [0, 0.05) is 43.7 Å². The quantitative estimate of drug-likeness (QED) is 0.644. The predicted octanol–water partition coefficient (Wildman–Crippen LogP) is 2.84. The minimum Gasteiger partial charge on any atom is -0.497 e. The third kappa shape index (κ3) is 5.61. The minimum atomic E-state index is 0.0269. The van der Waals surface area contributed by atoms with Gasteiger partial charge in [-0.3, -0.25) is 9.59 Å². The van der Waals surface area contributed by atoms with Gasteiger partial charge in [0.2, 0.25) is 11.8 Å². The molecule has 0 unspecified atom stereocenters. The van der Waals surface area contributed by atoms with Gasteiger partial charge < -0.3 is 19.4 Å². The Morgan fingerprint density at radius 3 is 2.58 bits per heavy atom. The molecular weight excluding hydrogens is 418 g/mol. The molecule has 8 nitrogen and oxygen atoms in total. The van der Waals surface area contributed by atoms with Crippen molar-refractivity contribution in [3.05, 3.63) is 36.4 Å². The van der Waals surface area contributed by atoms with Crippen LogP contribution in [0, 0.1) is 5.92 Å².